The van der Waals surface area contributed by atoms with Crippen LogP contribution in [-0.2, 0) is 9.53 Å². The van der Waals surface area contributed by atoms with Crippen molar-refractivity contribution in [2.75, 3.05) is 18.5 Å². The lowest BCUT2D eigenvalue weighted by molar-refractivity contribution is -0.138. The summed E-state index contributed by atoms with van der Waals surface area (Å²) in [6.45, 7) is 0.548. The van der Waals surface area contributed by atoms with Gasteiger partial charge in [-0.3, -0.25) is 14.4 Å². The molecule has 2 heterocycles. The number of nitrogens with one attached hydrogen (secondary N) is 2. The summed E-state index contributed by atoms with van der Waals surface area (Å²) >= 11 is 0. The van der Waals surface area contributed by atoms with Crippen LogP contribution in [0.4, 0.5) is 5.69 Å². The largest absolute Gasteiger partial charge is 0.481 e. The number of carbonyl (C=O) groups is 3. The van der Waals surface area contributed by atoms with E-state index in [0.717, 1.165) is 0 Å². The highest BCUT2D eigenvalue weighted by molar-refractivity contribution is 6.03. The van der Waals surface area contributed by atoms with E-state index < -0.39 is 23.3 Å². The number of furan rings is 1. The lowest BCUT2D eigenvalue weighted by Gasteiger charge is -2.27. The molecule has 136 valence electrons. The zero-order chi connectivity index (χ0) is 18.6. The van der Waals surface area contributed by atoms with Crippen LogP contribution in [0.1, 0.15) is 33.8 Å². The summed E-state index contributed by atoms with van der Waals surface area (Å²) in [6.07, 6.45) is 1.61. The van der Waals surface area contributed by atoms with Gasteiger partial charge in [0, 0.05) is 17.9 Å². The predicted octanol–water partition coefficient (Wildman–Crippen LogP) is 1.90. The van der Waals surface area contributed by atoms with E-state index in [1.165, 1.54) is 18.4 Å². The Hall–Kier alpha value is -3.13. The number of rotatable bonds is 6. The minimum absolute atomic E-state index is 0.153. The molecule has 1 fully saturated rings. The number of aliphatic carboxylic acids is 1. The van der Waals surface area contributed by atoms with Gasteiger partial charge in [-0.15, -0.1) is 0 Å². The van der Waals surface area contributed by atoms with Crippen LogP contribution in [0, 0.1) is 0 Å². The third-order valence-corrected chi connectivity index (χ3v) is 4.10. The third kappa shape index (κ3) is 4.09. The van der Waals surface area contributed by atoms with Crippen molar-refractivity contribution < 1.29 is 28.6 Å². The van der Waals surface area contributed by atoms with E-state index in [-0.39, 0.29) is 18.8 Å². The summed E-state index contributed by atoms with van der Waals surface area (Å²) < 4.78 is 10.3. The van der Waals surface area contributed by atoms with Crippen molar-refractivity contribution in [1.82, 2.24) is 5.32 Å². The summed E-state index contributed by atoms with van der Waals surface area (Å²) in [7, 11) is 0. The van der Waals surface area contributed by atoms with E-state index >= 15 is 0 Å². The number of carbonyl (C=O) groups excluding carboxylic acids is 2. The number of hydrogen-bond donors (Lipinski definition) is 3. The first-order chi connectivity index (χ1) is 12.5. The number of anilines is 1. The first-order valence-electron chi connectivity index (χ1n) is 8.04. The van der Waals surface area contributed by atoms with Crippen molar-refractivity contribution in [3.05, 3.63) is 54.0 Å². The third-order valence-electron chi connectivity index (χ3n) is 4.10. The molecular weight excluding hydrogens is 340 g/mol. The van der Waals surface area contributed by atoms with Gasteiger partial charge in [-0.2, -0.15) is 0 Å². The number of carboxylic acids is 1. The Labute approximate surface area is 149 Å². The fraction of sp³-hybridized carbons (Fsp3) is 0.278. The molecule has 0 radical (unpaired) electrons. The number of amides is 2. The van der Waals surface area contributed by atoms with Crippen LogP contribution >= 0.6 is 0 Å². The van der Waals surface area contributed by atoms with Crippen LogP contribution in [0.5, 0.6) is 0 Å². The van der Waals surface area contributed by atoms with Crippen molar-refractivity contribution in [1.29, 1.82) is 0 Å². The molecule has 1 saturated heterocycles. The van der Waals surface area contributed by atoms with E-state index in [9.17, 15) is 14.4 Å². The lowest BCUT2D eigenvalue weighted by Crippen LogP contribution is -2.50. The van der Waals surface area contributed by atoms with Gasteiger partial charge in [0.25, 0.3) is 11.8 Å². The Kier molecular flexibility index (Phi) is 5.04. The summed E-state index contributed by atoms with van der Waals surface area (Å²) in [5, 5.41) is 14.5. The molecule has 8 heteroatoms. The van der Waals surface area contributed by atoms with Gasteiger partial charge in [0.2, 0.25) is 0 Å². The smallest absolute Gasteiger partial charge is 0.305 e. The normalized spacial score (nSPS) is 19.1. The number of benzene rings is 1. The summed E-state index contributed by atoms with van der Waals surface area (Å²) in [5.41, 5.74) is -0.191. The molecule has 3 N–H and O–H groups in total. The molecule has 1 aliphatic rings. The Morgan fingerprint density at radius 2 is 2.00 bits per heavy atom. The highest BCUT2D eigenvalue weighted by Gasteiger charge is 2.38. The van der Waals surface area contributed by atoms with Crippen molar-refractivity contribution in [2.24, 2.45) is 0 Å². The van der Waals surface area contributed by atoms with Crippen molar-refractivity contribution in [3.8, 4) is 0 Å². The summed E-state index contributed by atoms with van der Waals surface area (Å²) in [5.74, 6) is -1.71. The second-order valence-electron chi connectivity index (χ2n) is 6.12. The van der Waals surface area contributed by atoms with Gasteiger partial charge in [0.15, 0.2) is 5.76 Å². The molecule has 0 bridgehead atoms. The van der Waals surface area contributed by atoms with E-state index in [2.05, 4.69) is 10.6 Å². The lowest BCUT2D eigenvalue weighted by atomic mass is 9.93. The molecule has 1 aliphatic heterocycles. The molecule has 0 aliphatic carbocycles. The average molecular weight is 358 g/mol. The van der Waals surface area contributed by atoms with Crippen LogP contribution in [0.25, 0.3) is 0 Å². The molecule has 1 aromatic carbocycles. The maximum Gasteiger partial charge on any atom is 0.305 e. The van der Waals surface area contributed by atoms with E-state index in [1.54, 1.807) is 24.3 Å². The molecule has 2 aromatic rings. The van der Waals surface area contributed by atoms with Crippen molar-refractivity contribution >= 4 is 23.5 Å². The molecule has 1 unspecified atom stereocenters. The second-order valence-corrected chi connectivity index (χ2v) is 6.12. The van der Waals surface area contributed by atoms with E-state index in [4.69, 9.17) is 14.3 Å². The number of carboxylic acid groups (broad SMARTS) is 1. The van der Waals surface area contributed by atoms with Gasteiger partial charge in [0.1, 0.15) is 0 Å². The monoisotopic (exact) mass is 358 g/mol. The average Bonchev–Trinajstić information content (AvgIpc) is 3.26. The van der Waals surface area contributed by atoms with Crippen molar-refractivity contribution in [2.45, 2.75) is 18.4 Å². The number of hydrogen-bond acceptors (Lipinski definition) is 5. The van der Waals surface area contributed by atoms with E-state index in [1.807, 2.05) is 0 Å². The van der Waals surface area contributed by atoms with Crippen LogP contribution < -0.4 is 10.6 Å². The molecule has 2 amide bonds. The molecular formula is C18H18N2O6. The first-order valence-corrected chi connectivity index (χ1v) is 8.04. The van der Waals surface area contributed by atoms with Gasteiger partial charge >= 0.3 is 5.97 Å². The van der Waals surface area contributed by atoms with Crippen LogP contribution in [0.3, 0.4) is 0 Å². The molecule has 3 rings (SSSR count). The second kappa shape index (κ2) is 7.40. The maximum atomic E-state index is 12.6. The van der Waals surface area contributed by atoms with Gasteiger partial charge in [0.05, 0.1) is 24.8 Å². The maximum absolute atomic E-state index is 12.6. The van der Waals surface area contributed by atoms with E-state index in [0.29, 0.717) is 24.3 Å². The van der Waals surface area contributed by atoms with Gasteiger partial charge < -0.3 is 24.9 Å². The zero-order valence-corrected chi connectivity index (χ0v) is 13.9. The molecule has 0 saturated carbocycles. The Bertz CT molecular complexity index is 809. The van der Waals surface area contributed by atoms with Crippen LogP contribution in [0.2, 0.25) is 0 Å². The number of ether oxygens (including phenoxy) is 1. The summed E-state index contributed by atoms with van der Waals surface area (Å²) in [4.78, 5) is 35.7. The SMILES string of the molecule is O=C(O)CC1(NC(=O)c2cccc(NC(=O)c3ccco3)c2)CCOC1. The minimum atomic E-state index is -1.00. The van der Waals surface area contributed by atoms with Crippen LogP contribution in [-0.4, -0.2) is 41.6 Å². The van der Waals surface area contributed by atoms with Gasteiger partial charge in [-0.25, -0.2) is 0 Å². The standard InChI is InChI=1S/C18H18N2O6/c21-15(22)10-18(6-8-25-11-18)20-16(23)12-3-1-4-13(9-12)19-17(24)14-5-2-7-26-14/h1-5,7,9H,6,8,10-11H2,(H,19,24)(H,20,23)(H,21,22). The Morgan fingerprint density at radius 1 is 1.15 bits per heavy atom. The molecule has 26 heavy (non-hydrogen) atoms. The quantitative estimate of drug-likeness (QED) is 0.726. The fourth-order valence-corrected chi connectivity index (χ4v) is 2.83. The molecule has 1 aromatic heterocycles. The Morgan fingerprint density at radius 3 is 2.65 bits per heavy atom. The first kappa shape index (κ1) is 17.7. The van der Waals surface area contributed by atoms with Gasteiger partial charge in [-0.1, -0.05) is 6.07 Å². The zero-order valence-electron chi connectivity index (χ0n) is 13.9. The molecule has 8 nitrogen and oxygen atoms in total. The summed E-state index contributed by atoms with van der Waals surface area (Å²) in [6, 6.07) is 9.50. The fourth-order valence-electron chi connectivity index (χ4n) is 2.83. The predicted molar refractivity (Wildman–Crippen MR) is 91.0 cm³/mol. The van der Waals surface area contributed by atoms with Crippen molar-refractivity contribution in [3.63, 3.8) is 0 Å². The minimum Gasteiger partial charge on any atom is -0.481 e. The molecule has 0 spiro atoms. The van der Waals surface area contributed by atoms with Crippen LogP contribution in [0.15, 0.2) is 47.1 Å². The Balaban J connectivity index is 1.71. The van der Waals surface area contributed by atoms with Gasteiger partial charge in [-0.05, 0) is 36.8 Å². The highest BCUT2D eigenvalue weighted by Crippen LogP contribution is 2.24. The highest BCUT2D eigenvalue weighted by atomic mass is 16.5. The molecule has 1 atom stereocenters. The topological polar surface area (TPSA) is 118 Å².